The number of amidine groups is 1. The number of anilines is 1. The number of hydrogen-bond donors (Lipinski definition) is 1. The minimum Gasteiger partial charge on any atom is -0.191 e. The van der Waals surface area contributed by atoms with Gasteiger partial charge in [0.1, 0.15) is 12.7 Å². The number of hydrogen-bond acceptors (Lipinski definition) is 5. The fourth-order valence-corrected chi connectivity index (χ4v) is 3.48. The molecule has 3 aromatic rings. The molecule has 0 saturated heterocycles. The lowest BCUT2D eigenvalue weighted by Gasteiger charge is -2.33. The van der Waals surface area contributed by atoms with E-state index in [1.807, 2.05) is 53.1 Å². The van der Waals surface area contributed by atoms with E-state index >= 15 is 0 Å². The molecule has 2 aromatic carbocycles. The molecule has 0 radical (unpaired) electrons. The van der Waals surface area contributed by atoms with E-state index in [0.717, 1.165) is 22.2 Å². The predicted octanol–water partition coefficient (Wildman–Crippen LogP) is 3.38. The van der Waals surface area contributed by atoms with Crippen LogP contribution in [-0.4, -0.2) is 17.9 Å². The van der Waals surface area contributed by atoms with Crippen molar-refractivity contribution in [2.24, 2.45) is 5.10 Å². The monoisotopic (exact) mass is 322 g/mol. The number of hydrazine groups is 1. The van der Waals surface area contributed by atoms with Gasteiger partial charge in [0.15, 0.2) is 0 Å². The first-order valence-electron chi connectivity index (χ1n) is 7.32. The van der Waals surface area contributed by atoms with Crippen molar-refractivity contribution >= 4 is 28.0 Å². The second-order valence-corrected chi connectivity index (χ2v) is 6.20. The molecule has 0 saturated carbocycles. The number of rotatable bonds is 3. The molecule has 2 heterocycles. The third kappa shape index (κ3) is 2.19. The van der Waals surface area contributed by atoms with Gasteiger partial charge in [-0.3, -0.25) is 0 Å². The standard InChI is InChI=1S/C17H16N5S/c1-22(17-18-12-13-23-17)16(14-8-4-2-5-9-14)19-20-21(22)15-10-6-3-7-11-15/h2-13,20H,1H3/q+1. The van der Waals surface area contributed by atoms with Crippen molar-refractivity contribution in [3.8, 4) is 0 Å². The number of benzene rings is 2. The topological polar surface area (TPSA) is 40.5 Å². The number of quaternary nitrogens is 1. The van der Waals surface area contributed by atoms with Crippen LogP contribution in [0.2, 0.25) is 0 Å². The first kappa shape index (κ1) is 13.9. The van der Waals surface area contributed by atoms with Gasteiger partial charge in [-0.1, -0.05) is 62.5 Å². The highest BCUT2D eigenvalue weighted by molar-refractivity contribution is 7.13. The average molecular weight is 322 g/mol. The largest absolute Gasteiger partial charge is 0.319 e. The highest BCUT2D eigenvalue weighted by Gasteiger charge is 2.48. The van der Waals surface area contributed by atoms with Crippen molar-refractivity contribution in [3.63, 3.8) is 0 Å². The van der Waals surface area contributed by atoms with Crippen LogP contribution < -0.4 is 15.2 Å². The van der Waals surface area contributed by atoms with E-state index in [0.29, 0.717) is 4.59 Å². The van der Waals surface area contributed by atoms with Crippen molar-refractivity contribution in [3.05, 3.63) is 77.8 Å². The number of thiazole rings is 1. The SMILES string of the molecule is C[N+]1(c2nccs2)C(c2ccccc2)=NNN1c1ccccc1. The highest BCUT2D eigenvalue weighted by Crippen LogP contribution is 2.34. The fraction of sp³-hybridized carbons (Fsp3) is 0.0588. The summed E-state index contributed by atoms with van der Waals surface area (Å²) in [6.45, 7) is 0. The minimum absolute atomic E-state index is 0.353. The predicted molar refractivity (Wildman–Crippen MR) is 94.9 cm³/mol. The van der Waals surface area contributed by atoms with E-state index in [2.05, 4.69) is 46.9 Å². The Balaban J connectivity index is 1.86. The van der Waals surface area contributed by atoms with Gasteiger partial charge in [-0.15, -0.1) is 0 Å². The zero-order valence-electron chi connectivity index (χ0n) is 12.6. The van der Waals surface area contributed by atoms with Crippen LogP contribution in [0.1, 0.15) is 5.56 Å². The molecule has 0 bridgehead atoms. The maximum absolute atomic E-state index is 4.60. The molecular weight excluding hydrogens is 306 g/mol. The van der Waals surface area contributed by atoms with E-state index in [9.17, 15) is 0 Å². The molecule has 5 nitrogen and oxygen atoms in total. The van der Waals surface area contributed by atoms with Crippen LogP contribution in [0.4, 0.5) is 10.8 Å². The van der Waals surface area contributed by atoms with Gasteiger partial charge in [0, 0.05) is 11.6 Å². The lowest BCUT2D eigenvalue weighted by Crippen LogP contribution is -2.62. The molecule has 1 N–H and O–H groups in total. The molecule has 1 aliphatic heterocycles. The highest BCUT2D eigenvalue weighted by atomic mass is 32.1. The molecule has 4 rings (SSSR count). The Kier molecular flexibility index (Phi) is 3.33. The van der Waals surface area contributed by atoms with Crippen LogP contribution in [0.5, 0.6) is 0 Å². The Morgan fingerprint density at radius 2 is 1.70 bits per heavy atom. The zero-order valence-corrected chi connectivity index (χ0v) is 13.4. The first-order chi connectivity index (χ1) is 11.3. The van der Waals surface area contributed by atoms with E-state index in [1.54, 1.807) is 11.3 Å². The summed E-state index contributed by atoms with van der Waals surface area (Å²) in [5.74, 6) is 0.907. The Morgan fingerprint density at radius 3 is 2.35 bits per heavy atom. The molecule has 0 amide bonds. The second-order valence-electron chi connectivity index (χ2n) is 5.32. The quantitative estimate of drug-likeness (QED) is 0.752. The van der Waals surface area contributed by atoms with E-state index in [4.69, 9.17) is 0 Å². The summed E-state index contributed by atoms with van der Waals surface area (Å²) >= 11 is 1.61. The normalized spacial score (nSPS) is 20.2. The fourth-order valence-electron chi connectivity index (χ4n) is 2.74. The maximum atomic E-state index is 4.60. The lowest BCUT2D eigenvalue weighted by molar-refractivity contribution is 0.432. The molecular formula is C17H16N5S+. The zero-order chi connectivity index (χ0) is 15.7. The summed E-state index contributed by atoms with van der Waals surface area (Å²) in [4.78, 5) is 4.55. The minimum atomic E-state index is 0.353. The molecule has 114 valence electrons. The number of hydrazone groups is 1. The summed E-state index contributed by atoms with van der Waals surface area (Å²) in [6.07, 6.45) is 1.83. The summed E-state index contributed by atoms with van der Waals surface area (Å²) in [7, 11) is 2.09. The molecule has 6 heteroatoms. The van der Waals surface area contributed by atoms with Crippen LogP contribution in [-0.2, 0) is 0 Å². The van der Waals surface area contributed by atoms with Crippen molar-refractivity contribution in [1.29, 1.82) is 0 Å². The molecule has 23 heavy (non-hydrogen) atoms. The van der Waals surface area contributed by atoms with Gasteiger partial charge in [0.25, 0.3) is 5.84 Å². The third-order valence-electron chi connectivity index (χ3n) is 3.89. The Bertz CT molecular complexity index is 817. The summed E-state index contributed by atoms with van der Waals surface area (Å²) < 4.78 is 0.353. The van der Waals surface area contributed by atoms with Crippen LogP contribution >= 0.6 is 11.3 Å². The van der Waals surface area contributed by atoms with E-state index in [1.165, 1.54) is 0 Å². The van der Waals surface area contributed by atoms with Gasteiger partial charge in [-0.2, -0.15) is 10.5 Å². The first-order valence-corrected chi connectivity index (χ1v) is 8.19. The number of nitrogens with zero attached hydrogens (tertiary/aromatic N) is 4. The summed E-state index contributed by atoms with van der Waals surface area (Å²) in [5.41, 5.74) is 5.25. The van der Waals surface area contributed by atoms with Crippen LogP contribution in [0.25, 0.3) is 0 Å². The van der Waals surface area contributed by atoms with Gasteiger partial charge in [0.2, 0.25) is 0 Å². The van der Waals surface area contributed by atoms with E-state index in [-0.39, 0.29) is 0 Å². The summed E-state index contributed by atoms with van der Waals surface area (Å²) in [6, 6.07) is 20.3. The van der Waals surface area contributed by atoms with Crippen molar-refractivity contribution in [2.75, 3.05) is 12.2 Å². The number of nitrogens with one attached hydrogen (secondary N) is 1. The third-order valence-corrected chi connectivity index (χ3v) is 4.82. The van der Waals surface area contributed by atoms with Gasteiger partial charge >= 0.3 is 5.13 Å². The van der Waals surface area contributed by atoms with Gasteiger partial charge in [-0.05, 0) is 24.3 Å². The van der Waals surface area contributed by atoms with Gasteiger partial charge in [-0.25, -0.2) is 0 Å². The number of aromatic nitrogens is 1. The van der Waals surface area contributed by atoms with Crippen LogP contribution in [0, 0.1) is 0 Å². The molecule has 0 spiro atoms. The molecule has 1 atom stereocenters. The second kappa shape index (κ2) is 5.49. The van der Waals surface area contributed by atoms with E-state index < -0.39 is 0 Å². The van der Waals surface area contributed by atoms with Crippen molar-refractivity contribution in [2.45, 2.75) is 0 Å². The van der Waals surface area contributed by atoms with Crippen molar-refractivity contribution < 1.29 is 0 Å². The maximum Gasteiger partial charge on any atom is 0.319 e. The Morgan fingerprint density at radius 1 is 1.00 bits per heavy atom. The number of para-hydroxylation sites is 1. The molecule has 0 aliphatic carbocycles. The Hall–Kier alpha value is -2.70. The average Bonchev–Trinajstić information content (AvgIpc) is 3.25. The molecule has 1 aromatic heterocycles. The molecule has 1 aliphatic rings. The van der Waals surface area contributed by atoms with Gasteiger partial charge < -0.3 is 0 Å². The summed E-state index contributed by atoms with van der Waals surface area (Å²) in [5, 5.41) is 9.55. The molecule has 1 unspecified atom stereocenters. The van der Waals surface area contributed by atoms with Gasteiger partial charge in [0.05, 0.1) is 5.56 Å². The lowest BCUT2D eigenvalue weighted by atomic mass is 10.2. The smallest absolute Gasteiger partial charge is 0.191 e. The van der Waals surface area contributed by atoms with Crippen molar-refractivity contribution in [1.82, 2.24) is 15.1 Å². The van der Waals surface area contributed by atoms with Crippen LogP contribution in [0.3, 0.4) is 0 Å². The molecule has 0 fully saturated rings. The Labute approximate surface area is 138 Å². The van der Waals surface area contributed by atoms with Crippen LogP contribution in [0.15, 0.2) is 77.3 Å².